The second kappa shape index (κ2) is 11.1. The molecule has 0 fully saturated rings. The van der Waals surface area contributed by atoms with E-state index in [1.54, 1.807) is 6.26 Å². The average molecular weight is 382 g/mol. The summed E-state index contributed by atoms with van der Waals surface area (Å²) in [4.78, 5) is 28.4. The highest BCUT2D eigenvalue weighted by atomic mass is 16.5. The normalized spacial score (nSPS) is 9.86. The predicted molar refractivity (Wildman–Crippen MR) is 99.8 cm³/mol. The maximum atomic E-state index is 11.8. The number of aryl methyl sites for hydroxylation is 1. The molecule has 1 aromatic heterocycles. The van der Waals surface area contributed by atoms with E-state index in [-0.39, 0.29) is 16.9 Å². The number of azide groups is 2. The molecule has 1 aromatic carbocycles. The Bertz CT molecular complexity index is 864. The summed E-state index contributed by atoms with van der Waals surface area (Å²) in [6.07, 6.45) is 6.30. The SMILES string of the molecule is [N-]=[N+]=NC(=O)c1cc(OCCCCCCc2ccco2)cc(C(=O)N=[N+]=[N-])c1. The smallest absolute Gasteiger partial charge is 0.249 e. The van der Waals surface area contributed by atoms with Crippen molar-refractivity contribution in [3.05, 3.63) is 74.4 Å². The van der Waals surface area contributed by atoms with Gasteiger partial charge >= 0.3 is 0 Å². The standard InChI is InChI=1S/C18H18N6O4/c19-23-21-17(25)13-10-14(18(26)22-24-20)12-16(11-13)28-8-4-2-1-3-6-15-7-5-9-27-15/h5,7,9-12H,1-4,6,8H2. The highest BCUT2D eigenvalue weighted by Crippen LogP contribution is 2.20. The molecular formula is C18H18N6O4. The summed E-state index contributed by atoms with van der Waals surface area (Å²) in [5.74, 6) is -0.497. The number of carbonyl (C=O) groups is 2. The molecule has 0 aliphatic carbocycles. The molecule has 28 heavy (non-hydrogen) atoms. The first kappa shape index (κ1) is 20.6. The Labute approximate surface area is 160 Å². The Morgan fingerprint density at radius 3 is 2.18 bits per heavy atom. The molecule has 0 radical (unpaired) electrons. The molecule has 2 rings (SSSR count). The number of unbranched alkanes of at least 4 members (excludes halogenated alkanes) is 3. The molecule has 0 N–H and O–H groups in total. The monoisotopic (exact) mass is 382 g/mol. The van der Waals surface area contributed by atoms with E-state index in [1.807, 2.05) is 12.1 Å². The van der Waals surface area contributed by atoms with E-state index in [0.29, 0.717) is 6.61 Å². The molecule has 0 aliphatic heterocycles. The fourth-order valence-electron chi connectivity index (χ4n) is 2.53. The fraction of sp³-hybridized carbons (Fsp3) is 0.333. The van der Waals surface area contributed by atoms with Gasteiger partial charge in [0.25, 0.3) is 0 Å². The highest BCUT2D eigenvalue weighted by Gasteiger charge is 2.12. The van der Waals surface area contributed by atoms with Crippen molar-refractivity contribution >= 4 is 11.8 Å². The first-order valence-corrected chi connectivity index (χ1v) is 8.63. The van der Waals surface area contributed by atoms with E-state index in [4.69, 9.17) is 20.2 Å². The van der Waals surface area contributed by atoms with Crippen LogP contribution in [0.15, 0.2) is 51.2 Å². The number of nitrogens with zero attached hydrogens (tertiary/aromatic N) is 6. The second-order valence-electron chi connectivity index (χ2n) is 5.83. The van der Waals surface area contributed by atoms with Crippen molar-refractivity contribution in [3.63, 3.8) is 0 Å². The Balaban J connectivity index is 1.89. The number of benzene rings is 1. The lowest BCUT2D eigenvalue weighted by atomic mass is 10.1. The van der Waals surface area contributed by atoms with E-state index in [0.717, 1.165) is 37.9 Å². The third-order valence-corrected chi connectivity index (χ3v) is 3.84. The third-order valence-electron chi connectivity index (χ3n) is 3.84. The van der Waals surface area contributed by atoms with Gasteiger partial charge in [-0.3, -0.25) is 9.59 Å². The molecule has 2 aromatic rings. The molecular weight excluding hydrogens is 364 g/mol. The zero-order chi connectivity index (χ0) is 20.2. The summed E-state index contributed by atoms with van der Waals surface area (Å²) in [6.45, 7) is 0.384. The first-order chi connectivity index (χ1) is 13.6. The third kappa shape index (κ3) is 6.53. The van der Waals surface area contributed by atoms with Gasteiger partial charge in [0, 0.05) is 27.4 Å². The summed E-state index contributed by atoms with van der Waals surface area (Å²) in [7, 11) is 0. The molecule has 1 heterocycles. The predicted octanol–water partition coefficient (Wildman–Crippen LogP) is 5.36. The van der Waals surface area contributed by atoms with Crippen LogP contribution in [0.25, 0.3) is 20.9 Å². The topological polar surface area (TPSA) is 154 Å². The molecule has 0 aliphatic rings. The number of ether oxygens (including phenoxy) is 1. The zero-order valence-corrected chi connectivity index (χ0v) is 15.0. The van der Waals surface area contributed by atoms with Crippen molar-refractivity contribution in [3.8, 4) is 5.75 Å². The lowest BCUT2D eigenvalue weighted by Crippen LogP contribution is -2.03. The van der Waals surface area contributed by atoms with Crippen LogP contribution in [0.2, 0.25) is 0 Å². The summed E-state index contributed by atoms with van der Waals surface area (Å²) < 4.78 is 10.9. The van der Waals surface area contributed by atoms with E-state index in [1.165, 1.54) is 18.2 Å². The van der Waals surface area contributed by atoms with Gasteiger partial charge in [-0.25, -0.2) is 0 Å². The van der Waals surface area contributed by atoms with Gasteiger partial charge in [-0.15, -0.1) is 0 Å². The summed E-state index contributed by atoms with van der Waals surface area (Å²) in [5, 5.41) is 5.99. The maximum absolute atomic E-state index is 11.8. The number of carbonyl (C=O) groups excluding carboxylic acids is 2. The highest BCUT2D eigenvalue weighted by molar-refractivity contribution is 6.00. The van der Waals surface area contributed by atoms with E-state index in [2.05, 4.69) is 20.1 Å². The van der Waals surface area contributed by atoms with Crippen LogP contribution in [0.4, 0.5) is 0 Å². The van der Waals surface area contributed by atoms with Crippen molar-refractivity contribution in [2.45, 2.75) is 32.1 Å². The molecule has 10 nitrogen and oxygen atoms in total. The number of hydrogen-bond acceptors (Lipinski definition) is 4. The van der Waals surface area contributed by atoms with Gasteiger partial charge in [0.05, 0.1) is 12.9 Å². The molecule has 10 heteroatoms. The fourth-order valence-corrected chi connectivity index (χ4v) is 2.53. The summed E-state index contributed by atoms with van der Waals surface area (Å²) in [6, 6.07) is 7.75. The molecule has 144 valence electrons. The number of amides is 2. The van der Waals surface area contributed by atoms with E-state index < -0.39 is 11.8 Å². The lowest BCUT2D eigenvalue weighted by Gasteiger charge is -2.09. The van der Waals surface area contributed by atoms with Crippen LogP contribution in [0.5, 0.6) is 5.75 Å². The number of rotatable bonds is 10. The van der Waals surface area contributed by atoms with E-state index in [9.17, 15) is 9.59 Å². The Hall–Kier alpha value is -3.74. The van der Waals surface area contributed by atoms with Crippen molar-refractivity contribution in [2.24, 2.45) is 10.2 Å². The molecule has 0 saturated carbocycles. The Kier molecular flexibility index (Phi) is 8.14. The minimum atomic E-state index is -0.860. The average Bonchev–Trinajstić information content (AvgIpc) is 3.21. The van der Waals surface area contributed by atoms with Crippen LogP contribution in [-0.4, -0.2) is 18.4 Å². The number of hydrogen-bond donors (Lipinski definition) is 0. The van der Waals surface area contributed by atoms with Crippen LogP contribution in [0.1, 0.15) is 52.2 Å². The van der Waals surface area contributed by atoms with Crippen molar-refractivity contribution < 1.29 is 18.7 Å². The van der Waals surface area contributed by atoms with E-state index >= 15 is 0 Å². The quantitative estimate of drug-likeness (QED) is 0.234. The Morgan fingerprint density at radius 1 is 0.964 bits per heavy atom. The van der Waals surface area contributed by atoms with Gasteiger partial charge in [0.1, 0.15) is 11.5 Å². The van der Waals surface area contributed by atoms with Crippen LogP contribution in [0, 0.1) is 0 Å². The molecule has 0 atom stereocenters. The summed E-state index contributed by atoms with van der Waals surface area (Å²) in [5.41, 5.74) is 16.8. The summed E-state index contributed by atoms with van der Waals surface area (Å²) >= 11 is 0. The van der Waals surface area contributed by atoms with Gasteiger partial charge in [-0.1, -0.05) is 12.8 Å². The van der Waals surface area contributed by atoms with Crippen LogP contribution < -0.4 is 4.74 Å². The zero-order valence-electron chi connectivity index (χ0n) is 15.0. The number of furan rings is 1. The molecule has 0 unspecified atom stereocenters. The Morgan fingerprint density at radius 2 is 1.61 bits per heavy atom. The molecule has 0 spiro atoms. The lowest BCUT2D eigenvalue weighted by molar-refractivity contribution is 0.0999. The minimum Gasteiger partial charge on any atom is -0.494 e. The molecule has 2 amide bonds. The van der Waals surface area contributed by atoms with Gasteiger partial charge in [-0.05, 0) is 64.5 Å². The van der Waals surface area contributed by atoms with Crippen LogP contribution >= 0.6 is 0 Å². The van der Waals surface area contributed by atoms with Crippen LogP contribution in [-0.2, 0) is 6.42 Å². The van der Waals surface area contributed by atoms with Crippen molar-refractivity contribution in [1.29, 1.82) is 0 Å². The van der Waals surface area contributed by atoms with Crippen molar-refractivity contribution in [1.82, 2.24) is 0 Å². The first-order valence-electron chi connectivity index (χ1n) is 8.63. The largest absolute Gasteiger partial charge is 0.494 e. The van der Waals surface area contributed by atoms with Crippen molar-refractivity contribution in [2.75, 3.05) is 6.61 Å². The van der Waals surface area contributed by atoms with Gasteiger partial charge in [0.15, 0.2) is 0 Å². The second-order valence-corrected chi connectivity index (χ2v) is 5.83. The molecule has 0 bridgehead atoms. The maximum Gasteiger partial charge on any atom is 0.249 e. The molecule has 0 saturated heterocycles. The minimum absolute atomic E-state index is 0.0229. The van der Waals surface area contributed by atoms with Gasteiger partial charge in [0.2, 0.25) is 11.8 Å². The van der Waals surface area contributed by atoms with Gasteiger partial charge in [-0.2, -0.15) is 0 Å². The van der Waals surface area contributed by atoms with Gasteiger partial charge < -0.3 is 9.15 Å². The van der Waals surface area contributed by atoms with Crippen LogP contribution in [0.3, 0.4) is 0 Å².